The lowest BCUT2D eigenvalue weighted by molar-refractivity contribution is -0.119. The van der Waals surface area contributed by atoms with Crippen molar-refractivity contribution in [1.29, 1.82) is 0 Å². The highest BCUT2D eigenvalue weighted by Crippen LogP contribution is 2.21. The predicted octanol–water partition coefficient (Wildman–Crippen LogP) is 3.20. The summed E-state index contributed by atoms with van der Waals surface area (Å²) in [5.74, 6) is 0.550. The van der Waals surface area contributed by atoms with E-state index in [-0.39, 0.29) is 29.1 Å². The van der Waals surface area contributed by atoms with Crippen LogP contribution in [-0.2, 0) is 18.4 Å². The zero-order chi connectivity index (χ0) is 20.1. The third-order valence-electron chi connectivity index (χ3n) is 4.56. The molecule has 0 bridgehead atoms. The van der Waals surface area contributed by atoms with Crippen LogP contribution in [0.1, 0.15) is 41.9 Å². The third kappa shape index (κ3) is 5.40. The summed E-state index contributed by atoms with van der Waals surface area (Å²) in [7, 11) is 1.80. The molecule has 2 amide bonds. The lowest BCUT2D eigenvalue weighted by Crippen LogP contribution is -2.33. The molecule has 1 aromatic carbocycles. The summed E-state index contributed by atoms with van der Waals surface area (Å²) < 4.78 is 1.76. The molecule has 2 N–H and O–H groups in total. The number of carbonyl (C=O) groups excluding carboxylic acids is 2. The van der Waals surface area contributed by atoms with Gasteiger partial charge in [-0.25, -0.2) is 0 Å². The van der Waals surface area contributed by atoms with Crippen LogP contribution in [-0.4, -0.2) is 38.4 Å². The molecule has 2 aromatic rings. The van der Waals surface area contributed by atoms with E-state index in [1.54, 1.807) is 23.7 Å². The van der Waals surface area contributed by atoms with Gasteiger partial charge in [-0.1, -0.05) is 47.8 Å². The quantitative estimate of drug-likeness (QED) is 0.643. The number of nitrogens with zero attached hydrogens (tertiary/aromatic N) is 3. The first-order chi connectivity index (χ1) is 13.4. The fourth-order valence-corrected chi connectivity index (χ4v) is 4.26. The summed E-state index contributed by atoms with van der Waals surface area (Å²) in [5, 5.41) is 15.4. The number of benzene rings is 1. The van der Waals surface area contributed by atoms with Gasteiger partial charge < -0.3 is 15.2 Å². The fourth-order valence-electron chi connectivity index (χ4n) is 3.02. The summed E-state index contributed by atoms with van der Waals surface area (Å²) in [6, 6.07) is 5.00. The average molecular weight is 442 g/mol. The molecule has 1 aliphatic rings. The lowest BCUT2D eigenvalue weighted by Gasteiger charge is -2.11. The molecule has 0 radical (unpaired) electrons. The van der Waals surface area contributed by atoms with Gasteiger partial charge in [0.2, 0.25) is 5.91 Å². The number of hydrogen-bond donors (Lipinski definition) is 2. The summed E-state index contributed by atoms with van der Waals surface area (Å²) >= 11 is 13.2. The summed E-state index contributed by atoms with van der Waals surface area (Å²) in [5.41, 5.74) is 0.339. The van der Waals surface area contributed by atoms with Gasteiger partial charge in [-0.15, -0.1) is 10.2 Å². The van der Waals surface area contributed by atoms with E-state index in [2.05, 4.69) is 20.8 Å². The second-order valence-electron chi connectivity index (χ2n) is 6.60. The highest BCUT2D eigenvalue weighted by Gasteiger charge is 2.18. The number of nitrogens with one attached hydrogen (secondary N) is 2. The van der Waals surface area contributed by atoms with Crippen molar-refractivity contribution in [1.82, 2.24) is 25.4 Å². The molecule has 10 heteroatoms. The first-order valence-corrected chi connectivity index (χ1v) is 10.7. The SMILES string of the molecule is Cn1c(CNC(=O)c2ccc(Cl)cc2Cl)nnc1SCC(=O)NC1CCCC1. The molecule has 0 saturated heterocycles. The number of aromatic nitrogens is 3. The van der Waals surface area contributed by atoms with Gasteiger partial charge in [0, 0.05) is 18.1 Å². The number of carbonyl (C=O) groups is 2. The number of halogens is 2. The van der Waals surface area contributed by atoms with Gasteiger partial charge >= 0.3 is 0 Å². The summed E-state index contributed by atoms with van der Waals surface area (Å²) in [6.45, 7) is 0.191. The van der Waals surface area contributed by atoms with Crippen LogP contribution in [0.15, 0.2) is 23.4 Å². The largest absolute Gasteiger partial charge is 0.353 e. The zero-order valence-corrected chi connectivity index (χ0v) is 17.7. The van der Waals surface area contributed by atoms with Crippen LogP contribution in [0.4, 0.5) is 0 Å². The number of hydrogen-bond acceptors (Lipinski definition) is 5. The van der Waals surface area contributed by atoms with Crippen LogP contribution < -0.4 is 10.6 Å². The standard InChI is InChI=1S/C18H21Cl2N5O2S/c1-25-15(9-21-17(27)13-7-6-11(19)8-14(13)20)23-24-18(25)28-10-16(26)22-12-4-2-3-5-12/h6-8,12H,2-5,9-10H2,1H3,(H,21,27)(H,22,26). The van der Waals surface area contributed by atoms with E-state index in [4.69, 9.17) is 23.2 Å². The van der Waals surface area contributed by atoms with Gasteiger partial charge in [-0.3, -0.25) is 9.59 Å². The Morgan fingerprint density at radius 1 is 1.25 bits per heavy atom. The van der Waals surface area contributed by atoms with Crippen LogP contribution >= 0.6 is 35.0 Å². The predicted molar refractivity (Wildman–Crippen MR) is 110 cm³/mol. The van der Waals surface area contributed by atoms with Crippen LogP contribution in [0.3, 0.4) is 0 Å². The smallest absolute Gasteiger partial charge is 0.253 e. The van der Waals surface area contributed by atoms with Crippen LogP contribution in [0.2, 0.25) is 10.0 Å². The van der Waals surface area contributed by atoms with Gasteiger partial charge in [0.15, 0.2) is 11.0 Å². The molecule has 0 aliphatic heterocycles. The summed E-state index contributed by atoms with van der Waals surface area (Å²) in [4.78, 5) is 24.3. The fraction of sp³-hybridized carbons (Fsp3) is 0.444. The zero-order valence-electron chi connectivity index (χ0n) is 15.4. The van der Waals surface area contributed by atoms with E-state index in [9.17, 15) is 9.59 Å². The Bertz CT molecular complexity index is 868. The maximum atomic E-state index is 12.3. The molecule has 1 heterocycles. The Morgan fingerprint density at radius 2 is 2.00 bits per heavy atom. The summed E-state index contributed by atoms with van der Waals surface area (Å²) in [6.07, 6.45) is 4.47. The van der Waals surface area contributed by atoms with Crippen molar-refractivity contribution < 1.29 is 9.59 Å². The molecule has 1 aliphatic carbocycles. The molecule has 28 heavy (non-hydrogen) atoms. The molecule has 1 saturated carbocycles. The minimum atomic E-state index is -0.324. The molecule has 3 rings (SSSR count). The van der Waals surface area contributed by atoms with E-state index in [0.29, 0.717) is 27.6 Å². The topological polar surface area (TPSA) is 88.9 Å². The number of amides is 2. The Morgan fingerprint density at radius 3 is 2.71 bits per heavy atom. The average Bonchev–Trinajstić information content (AvgIpc) is 3.28. The van der Waals surface area contributed by atoms with Crippen LogP contribution in [0, 0.1) is 0 Å². The molecule has 7 nitrogen and oxygen atoms in total. The Kier molecular flexibility index (Phi) is 7.20. The normalized spacial score (nSPS) is 14.2. The van der Waals surface area contributed by atoms with Gasteiger partial charge in [0.1, 0.15) is 0 Å². The van der Waals surface area contributed by atoms with Crippen molar-refractivity contribution in [3.8, 4) is 0 Å². The molecular formula is C18H21Cl2N5O2S. The molecule has 1 aromatic heterocycles. The van der Waals surface area contributed by atoms with Crippen molar-refractivity contribution in [2.75, 3.05) is 5.75 Å². The Balaban J connectivity index is 1.51. The molecule has 0 atom stereocenters. The molecule has 0 unspecified atom stereocenters. The Hall–Kier alpha value is -1.77. The van der Waals surface area contributed by atoms with Gasteiger partial charge in [-0.2, -0.15) is 0 Å². The minimum Gasteiger partial charge on any atom is -0.353 e. The molecule has 0 spiro atoms. The second kappa shape index (κ2) is 9.62. The lowest BCUT2D eigenvalue weighted by atomic mass is 10.2. The van der Waals surface area contributed by atoms with Crippen molar-refractivity contribution in [3.63, 3.8) is 0 Å². The van der Waals surface area contributed by atoms with E-state index >= 15 is 0 Å². The first-order valence-electron chi connectivity index (χ1n) is 8.97. The van der Waals surface area contributed by atoms with Gasteiger partial charge in [-0.05, 0) is 31.0 Å². The van der Waals surface area contributed by atoms with Gasteiger partial charge in [0.05, 0.1) is 22.9 Å². The highest BCUT2D eigenvalue weighted by molar-refractivity contribution is 7.99. The monoisotopic (exact) mass is 441 g/mol. The van der Waals surface area contributed by atoms with Crippen LogP contribution in [0.5, 0.6) is 0 Å². The van der Waals surface area contributed by atoms with Crippen molar-refractivity contribution >= 4 is 46.8 Å². The second-order valence-corrected chi connectivity index (χ2v) is 8.39. The van der Waals surface area contributed by atoms with E-state index in [1.165, 1.54) is 30.7 Å². The minimum absolute atomic E-state index is 0.00660. The van der Waals surface area contributed by atoms with Crippen molar-refractivity contribution in [2.24, 2.45) is 7.05 Å². The highest BCUT2D eigenvalue weighted by atomic mass is 35.5. The van der Waals surface area contributed by atoms with Crippen molar-refractivity contribution in [3.05, 3.63) is 39.6 Å². The molecule has 150 valence electrons. The third-order valence-corrected chi connectivity index (χ3v) is 6.13. The van der Waals surface area contributed by atoms with E-state index in [1.807, 2.05) is 0 Å². The molecular weight excluding hydrogens is 421 g/mol. The number of rotatable bonds is 7. The molecule has 1 fully saturated rings. The first kappa shape index (κ1) is 21.0. The van der Waals surface area contributed by atoms with Gasteiger partial charge in [0.25, 0.3) is 5.91 Å². The van der Waals surface area contributed by atoms with Crippen LogP contribution in [0.25, 0.3) is 0 Å². The number of thioether (sulfide) groups is 1. The maximum Gasteiger partial charge on any atom is 0.253 e. The van der Waals surface area contributed by atoms with E-state index < -0.39 is 0 Å². The van der Waals surface area contributed by atoms with Crippen molar-refractivity contribution in [2.45, 2.75) is 43.4 Å². The Labute approximate surface area is 177 Å². The van der Waals surface area contributed by atoms with E-state index in [0.717, 1.165) is 12.8 Å². The maximum absolute atomic E-state index is 12.3.